The van der Waals surface area contributed by atoms with Crippen LogP contribution in [0.15, 0.2) is 48.5 Å². The first-order valence-corrected chi connectivity index (χ1v) is 9.70. The summed E-state index contributed by atoms with van der Waals surface area (Å²) < 4.78 is 13.2. The molecule has 3 N–H and O–H groups in total. The van der Waals surface area contributed by atoms with Crippen molar-refractivity contribution < 1.29 is 9.18 Å². The highest BCUT2D eigenvalue weighted by atomic mass is 35.5. The number of benzene rings is 2. The van der Waals surface area contributed by atoms with Gasteiger partial charge in [-0.3, -0.25) is 4.79 Å². The van der Waals surface area contributed by atoms with Crippen LogP contribution in [0.25, 0.3) is 11.3 Å². The van der Waals surface area contributed by atoms with Crippen molar-refractivity contribution >= 4 is 29.2 Å². The fraction of sp³-hybridized carbons (Fsp3) is 0.227. The van der Waals surface area contributed by atoms with Crippen LogP contribution in [0.4, 0.5) is 16.2 Å². The van der Waals surface area contributed by atoms with Crippen molar-refractivity contribution in [3.8, 4) is 11.3 Å². The fourth-order valence-corrected chi connectivity index (χ4v) is 3.22. The van der Waals surface area contributed by atoms with E-state index in [1.54, 1.807) is 12.1 Å². The number of halogens is 2. The smallest absolute Gasteiger partial charge is 0.222 e. The van der Waals surface area contributed by atoms with Crippen molar-refractivity contribution in [2.24, 2.45) is 0 Å². The molecule has 2 aromatic carbocycles. The number of aromatic nitrogens is 2. The third-order valence-corrected chi connectivity index (χ3v) is 4.93. The highest BCUT2D eigenvalue weighted by Crippen LogP contribution is 2.28. The molecule has 29 heavy (non-hydrogen) atoms. The number of nitrogens with one attached hydrogen (secondary N) is 1. The molecule has 1 heterocycles. The van der Waals surface area contributed by atoms with Crippen LogP contribution in [-0.4, -0.2) is 22.3 Å². The van der Waals surface area contributed by atoms with Crippen molar-refractivity contribution in [1.82, 2.24) is 9.97 Å². The standard InChI is InChI=1S/C22H22ClFN4O/c1-14-18(8-3-9-19(14)23)20-13-21(28-22(25)27-20)26-10-4-7-17(29)12-15-5-2-6-16(24)11-15/h2-3,5-6,8-9,11,13H,4,7,10,12H2,1H3,(H3,25,26,27,28). The van der Waals surface area contributed by atoms with E-state index >= 15 is 0 Å². The van der Waals surface area contributed by atoms with Gasteiger partial charge in [0.1, 0.15) is 17.4 Å². The molecule has 7 heteroatoms. The zero-order chi connectivity index (χ0) is 20.8. The Labute approximate surface area is 174 Å². The number of ketones is 1. The Hall–Kier alpha value is -2.99. The van der Waals surface area contributed by atoms with Crippen LogP contribution in [0.2, 0.25) is 5.02 Å². The van der Waals surface area contributed by atoms with Gasteiger partial charge in [-0.2, -0.15) is 4.98 Å². The second-order valence-electron chi connectivity index (χ2n) is 6.78. The number of rotatable bonds is 8. The van der Waals surface area contributed by atoms with Crippen LogP contribution in [0, 0.1) is 12.7 Å². The number of carbonyl (C=O) groups excluding carboxylic acids is 1. The number of anilines is 2. The minimum atomic E-state index is -0.330. The molecule has 0 aliphatic heterocycles. The van der Waals surface area contributed by atoms with Gasteiger partial charge in [0.2, 0.25) is 5.95 Å². The number of Topliss-reactive ketones (excluding diaryl/α,β-unsaturated/α-hetero) is 1. The van der Waals surface area contributed by atoms with E-state index in [0.717, 1.165) is 11.1 Å². The molecular formula is C22H22ClFN4O. The Balaban J connectivity index is 1.56. The molecule has 150 valence electrons. The van der Waals surface area contributed by atoms with Crippen LogP contribution in [-0.2, 0) is 11.2 Å². The lowest BCUT2D eigenvalue weighted by molar-refractivity contribution is -0.118. The molecule has 0 spiro atoms. The van der Waals surface area contributed by atoms with E-state index in [1.165, 1.54) is 12.1 Å². The number of carbonyl (C=O) groups is 1. The minimum absolute atomic E-state index is 0.0647. The van der Waals surface area contributed by atoms with Gasteiger partial charge in [-0.15, -0.1) is 0 Å². The van der Waals surface area contributed by atoms with Gasteiger partial charge in [-0.25, -0.2) is 9.37 Å². The van der Waals surface area contributed by atoms with Crippen molar-refractivity contribution in [3.05, 3.63) is 70.5 Å². The summed E-state index contributed by atoms with van der Waals surface area (Å²) in [5.74, 6) is 0.481. The summed E-state index contributed by atoms with van der Waals surface area (Å²) in [7, 11) is 0. The van der Waals surface area contributed by atoms with Crippen LogP contribution in [0.5, 0.6) is 0 Å². The topological polar surface area (TPSA) is 80.9 Å². The van der Waals surface area contributed by atoms with Gasteiger partial charge in [0.15, 0.2) is 0 Å². The van der Waals surface area contributed by atoms with E-state index < -0.39 is 0 Å². The molecule has 0 saturated heterocycles. The molecular weight excluding hydrogens is 391 g/mol. The maximum Gasteiger partial charge on any atom is 0.222 e. The van der Waals surface area contributed by atoms with Crippen molar-refractivity contribution in [1.29, 1.82) is 0 Å². The van der Waals surface area contributed by atoms with Crippen molar-refractivity contribution in [2.75, 3.05) is 17.6 Å². The predicted octanol–water partition coefficient (Wildman–Crippen LogP) is 4.83. The quantitative estimate of drug-likeness (QED) is 0.518. The molecule has 0 bridgehead atoms. The summed E-state index contributed by atoms with van der Waals surface area (Å²) in [6.45, 7) is 2.48. The van der Waals surface area contributed by atoms with E-state index in [0.29, 0.717) is 41.5 Å². The van der Waals surface area contributed by atoms with E-state index in [4.69, 9.17) is 17.3 Å². The summed E-state index contributed by atoms with van der Waals surface area (Å²) in [6.07, 6.45) is 1.25. The molecule has 0 saturated carbocycles. The zero-order valence-corrected chi connectivity index (χ0v) is 16.8. The van der Waals surface area contributed by atoms with Crippen molar-refractivity contribution in [2.45, 2.75) is 26.2 Å². The molecule has 0 atom stereocenters. The lowest BCUT2D eigenvalue weighted by atomic mass is 10.1. The van der Waals surface area contributed by atoms with Gasteiger partial charge in [-0.05, 0) is 42.7 Å². The number of hydrogen-bond donors (Lipinski definition) is 2. The number of nitrogen functional groups attached to an aromatic ring is 1. The second-order valence-corrected chi connectivity index (χ2v) is 7.19. The second kappa shape index (κ2) is 9.47. The third kappa shape index (κ3) is 5.74. The Morgan fingerprint density at radius 1 is 1.17 bits per heavy atom. The molecule has 3 aromatic rings. The summed E-state index contributed by atoms with van der Waals surface area (Å²) in [6, 6.07) is 13.5. The Bertz CT molecular complexity index is 1030. The minimum Gasteiger partial charge on any atom is -0.370 e. The zero-order valence-electron chi connectivity index (χ0n) is 16.1. The van der Waals surface area contributed by atoms with Gasteiger partial charge < -0.3 is 11.1 Å². The molecule has 0 unspecified atom stereocenters. The Kier molecular flexibility index (Phi) is 6.77. The highest BCUT2D eigenvalue weighted by Gasteiger charge is 2.10. The molecule has 0 aliphatic carbocycles. The van der Waals surface area contributed by atoms with E-state index in [1.807, 2.05) is 31.2 Å². The van der Waals surface area contributed by atoms with Gasteiger partial charge >= 0.3 is 0 Å². The van der Waals surface area contributed by atoms with E-state index in [2.05, 4.69) is 15.3 Å². The molecule has 1 aromatic heterocycles. The maximum atomic E-state index is 13.2. The Morgan fingerprint density at radius 3 is 2.76 bits per heavy atom. The van der Waals surface area contributed by atoms with Crippen LogP contribution in [0.3, 0.4) is 0 Å². The largest absolute Gasteiger partial charge is 0.370 e. The molecule has 0 fully saturated rings. The van der Waals surface area contributed by atoms with Gasteiger partial charge in [0, 0.05) is 36.0 Å². The number of hydrogen-bond acceptors (Lipinski definition) is 5. The first-order chi connectivity index (χ1) is 13.9. The monoisotopic (exact) mass is 412 g/mol. The van der Waals surface area contributed by atoms with Gasteiger partial charge in [0.05, 0.1) is 5.69 Å². The third-order valence-electron chi connectivity index (χ3n) is 4.52. The van der Waals surface area contributed by atoms with Crippen LogP contribution in [0.1, 0.15) is 24.0 Å². The average Bonchev–Trinajstić information content (AvgIpc) is 2.67. The molecule has 0 aliphatic rings. The summed E-state index contributed by atoms with van der Waals surface area (Å²) in [5, 5.41) is 3.84. The number of nitrogens with two attached hydrogens (primary N) is 1. The fourth-order valence-electron chi connectivity index (χ4n) is 3.04. The van der Waals surface area contributed by atoms with Crippen molar-refractivity contribution in [3.63, 3.8) is 0 Å². The predicted molar refractivity (Wildman–Crippen MR) is 114 cm³/mol. The molecule has 0 radical (unpaired) electrons. The lowest BCUT2D eigenvalue weighted by Gasteiger charge is -2.11. The van der Waals surface area contributed by atoms with Crippen LogP contribution >= 0.6 is 11.6 Å². The maximum absolute atomic E-state index is 13.2. The SMILES string of the molecule is Cc1c(Cl)cccc1-c1cc(NCCCC(=O)Cc2cccc(F)c2)nc(N)n1. The molecule has 0 amide bonds. The number of nitrogens with zero attached hydrogens (tertiary/aromatic N) is 2. The van der Waals surface area contributed by atoms with Gasteiger partial charge in [0.25, 0.3) is 0 Å². The Morgan fingerprint density at radius 2 is 1.97 bits per heavy atom. The first-order valence-electron chi connectivity index (χ1n) is 9.32. The summed E-state index contributed by atoms with van der Waals surface area (Å²) in [5.41, 5.74) is 9.03. The van der Waals surface area contributed by atoms with Gasteiger partial charge in [-0.1, -0.05) is 35.9 Å². The van der Waals surface area contributed by atoms with E-state index in [-0.39, 0.29) is 24.0 Å². The van der Waals surface area contributed by atoms with E-state index in [9.17, 15) is 9.18 Å². The summed E-state index contributed by atoms with van der Waals surface area (Å²) >= 11 is 6.20. The normalized spacial score (nSPS) is 10.7. The molecule has 5 nitrogen and oxygen atoms in total. The first kappa shape index (κ1) is 20.7. The van der Waals surface area contributed by atoms with Crippen LogP contribution < -0.4 is 11.1 Å². The molecule has 3 rings (SSSR count). The lowest BCUT2D eigenvalue weighted by Crippen LogP contribution is -2.10. The average molecular weight is 413 g/mol. The summed E-state index contributed by atoms with van der Waals surface area (Å²) in [4.78, 5) is 20.6. The highest BCUT2D eigenvalue weighted by molar-refractivity contribution is 6.31.